The second kappa shape index (κ2) is 4.79. The van der Waals surface area contributed by atoms with Crippen LogP contribution in [0.4, 0.5) is 0 Å². The van der Waals surface area contributed by atoms with Gasteiger partial charge in [-0.15, -0.1) is 0 Å². The zero-order chi connectivity index (χ0) is 10.6. The van der Waals surface area contributed by atoms with Gasteiger partial charge in [0.05, 0.1) is 6.61 Å². The predicted octanol–water partition coefficient (Wildman–Crippen LogP) is 1.85. The zero-order valence-corrected chi connectivity index (χ0v) is 8.89. The molecule has 0 aliphatic rings. The van der Waals surface area contributed by atoms with E-state index in [2.05, 4.69) is 17.1 Å². The molecule has 4 nitrogen and oxygen atoms in total. The lowest BCUT2D eigenvalue weighted by Crippen LogP contribution is -2.06. The SMILES string of the molecule is CCCc1[nH]nc(C(=O)OCC)c1C. The van der Waals surface area contributed by atoms with Crippen molar-refractivity contribution in [1.82, 2.24) is 10.2 Å². The van der Waals surface area contributed by atoms with Gasteiger partial charge >= 0.3 is 5.97 Å². The molecule has 1 N–H and O–H groups in total. The highest BCUT2D eigenvalue weighted by molar-refractivity contribution is 5.89. The van der Waals surface area contributed by atoms with Crippen molar-refractivity contribution in [3.8, 4) is 0 Å². The molecule has 1 rings (SSSR count). The number of hydrogen-bond acceptors (Lipinski definition) is 3. The van der Waals surface area contributed by atoms with Crippen LogP contribution in [0.2, 0.25) is 0 Å². The number of H-pyrrole nitrogens is 1. The molecule has 14 heavy (non-hydrogen) atoms. The van der Waals surface area contributed by atoms with Gasteiger partial charge in [-0.25, -0.2) is 4.79 Å². The maximum Gasteiger partial charge on any atom is 0.359 e. The van der Waals surface area contributed by atoms with Crippen LogP contribution in [0.25, 0.3) is 0 Å². The molecule has 4 heteroatoms. The van der Waals surface area contributed by atoms with Crippen LogP contribution in [-0.4, -0.2) is 22.8 Å². The van der Waals surface area contributed by atoms with Crippen molar-refractivity contribution in [2.45, 2.75) is 33.6 Å². The quantitative estimate of drug-likeness (QED) is 0.748. The minimum atomic E-state index is -0.344. The molecule has 0 saturated carbocycles. The number of nitrogens with one attached hydrogen (secondary N) is 1. The van der Waals surface area contributed by atoms with E-state index in [0.29, 0.717) is 12.3 Å². The molecule has 1 aromatic heterocycles. The van der Waals surface area contributed by atoms with Crippen molar-refractivity contribution in [1.29, 1.82) is 0 Å². The number of hydrogen-bond donors (Lipinski definition) is 1. The summed E-state index contributed by atoms with van der Waals surface area (Å²) < 4.78 is 4.88. The highest BCUT2D eigenvalue weighted by Crippen LogP contribution is 2.12. The summed E-state index contributed by atoms with van der Waals surface area (Å²) in [7, 11) is 0. The van der Waals surface area contributed by atoms with Gasteiger partial charge in [0.1, 0.15) is 0 Å². The number of aromatic nitrogens is 2. The van der Waals surface area contributed by atoms with Gasteiger partial charge in [0.15, 0.2) is 5.69 Å². The van der Waals surface area contributed by atoms with Crippen LogP contribution in [0.15, 0.2) is 0 Å². The van der Waals surface area contributed by atoms with Crippen molar-refractivity contribution in [2.75, 3.05) is 6.61 Å². The number of rotatable bonds is 4. The lowest BCUT2D eigenvalue weighted by molar-refractivity contribution is 0.0518. The second-order valence-electron chi connectivity index (χ2n) is 3.15. The maximum absolute atomic E-state index is 11.4. The van der Waals surface area contributed by atoms with Crippen LogP contribution in [0.5, 0.6) is 0 Å². The number of esters is 1. The first-order valence-corrected chi connectivity index (χ1v) is 4.91. The van der Waals surface area contributed by atoms with E-state index in [1.165, 1.54) is 0 Å². The largest absolute Gasteiger partial charge is 0.461 e. The molecular formula is C10H16N2O2. The summed E-state index contributed by atoms with van der Waals surface area (Å²) in [6.07, 6.45) is 1.95. The number of carbonyl (C=O) groups excluding carboxylic acids is 1. The fourth-order valence-corrected chi connectivity index (χ4v) is 1.33. The van der Waals surface area contributed by atoms with Crippen LogP contribution in [-0.2, 0) is 11.2 Å². The summed E-state index contributed by atoms with van der Waals surface area (Å²) in [6, 6.07) is 0. The third-order valence-electron chi connectivity index (χ3n) is 2.08. The second-order valence-corrected chi connectivity index (χ2v) is 3.15. The molecule has 0 atom stereocenters. The topological polar surface area (TPSA) is 55.0 Å². The first-order chi connectivity index (χ1) is 6.70. The summed E-state index contributed by atoms with van der Waals surface area (Å²) in [5.41, 5.74) is 2.34. The van der Waals surface area contributed by atoms with Crippen LogP contribution < -0.4 is 0 Å². The molecule has 0 amide bonds. The fraction of sp³-hybridized carbons (Fsp3) is 0.600. The Bertz CT molecular complexity index is 318. The Kier molecular flexibility index (Phi) is 3.68. The van der Waals surface area contributed by atoms with Gasteiger partial charge in [-0.3, -0.25) is 5.10 Å². The molecule has 0 bridgehead atoms. The molecular weight excluding hydrogens is 180 g/mol. The highest BCUT2D eigenvalue weighted by atomic mass is 16.5. The van der Waals surface area contributed by atoms with Gasteiger partial charge in [0.2, 0.25) is 0 Å². The predicted molar refractivity (Wildman–Crippen MR) is 53.3 cm³/mol. The fourth-order valence-electron chi connectivity index (χ4n) is 1.33. The molecule has 78 valence electrons. The van der Waals surface area contributed by atoms with Gasteiger partial charge in [0.25, 0.3) is 0 Å². The van der Waals surface area contributed by atoms with Crippen molar-refractivity contribution >= 4 is 5.97 Å². The number of aryl methyl sites for hydroxylation is 1. The van der Waals surface area contributed by atoms with Crippen LogP contribution in [0.1, 0.15) is 42.0 Å². The summed E-state index contributed by atoms with van der Waals surface area (Å²) in [4.78, 5) is 11.4. The summed E-state index contributed by atoms with van der Waals surface area (Å²) in [6.45, 7) is 6.14. The average Bonchev–Trinajstić information content (AvgIpc) is 2.49. The Labute approximate surface area is 83.7 Å². The molecule has 0 aliphatic carbocycles. The molecule has 0 spiro atoms. The standard InChI is InChI=1S/C10H16N2O2/c1-4-6-8-7(3)9(12-11-8)10(13)14-5-2/h4-6H2,1-3H3,(H,11,12). The highest BCUT2D eigenvalue weighted by Gasteiger charge is 2.16. The molecule has 0 unspecified atom stereocenters. The van der Waals surface area contributed by atoms with E-state index >= 15 is 0 Å². The molecule has 0 aliphatic heterocycles. The van der Waals surface area contributed by atoms with Crippen LogP contribution in [0, 0.1) is 6.92 Å². The van der Waals surface area contributed by atoms with Crippen LogP contribution in [0.3, 0.4) is 0 Å². The zero-order valence-electron chi connectivity index (χ0n) is 8.89. The first kappa shape index (κ1) is 10.8. The van der Waals surface area contributed by atoms with E-state index in [-0.39, 0.29) is 5.97 Å². The smallest absolute Gasteiger partial charge is 0.359 e. The number of aromatic amines is 1. The summed E-state index contributed by atoms with van der Waals surface area (Å²) >= 11 is 0. The number of ether oxygens (including phenoxy) is 1. The van der Waals surface area contributed by atoms with E-state index < -0.39 is 0 Å². The minimum absolute atomic E-state index is 0.344. The van der Waals surface area contributed by atoms with Crippen LogP contribution >= 0.6 is 0 Å². The average molecular weight is 196 g/mol. The molecule has 0 radical (unpaired) electrons. The van der Waals surface area contributed by atoms with E-state index in [9.17, 15) is 4.79 Å². The Hall–Kier alpha value is -1.32. The van der Waals surface area contributed by atoms with Gasteiger partial charge in [0, 0.05) is 11.3 Å². The Morgan fingerprint density at radius 3 is 2.79 bits per heavy atom. The molecule has 0 saturated heterocycles. The lowest BCUT2D eigenvalue weighted by atomic mass is 10.1. The van der Waals surface area contributed by atoms with E-state index in [1.54, 1.807) is 6.92 Å². The number of carbonyl (C=O) groups is 1. The van der Waals surface area contributed by atoms with Gasteiger partial charge in [-0.05, 0) is 20.3 Å². The Morgan fingerprint density at radius 2 is 2.21 bits per heavy atom. The van der Waals surface area contributed by atoms with Gasteiger partial charge < -0.3 is 4.74 Å². The van der Waals surface area contributed by atoms with Crippen molar-refractivity contribution < 1.29 is 9.53 Å². The van der Waals surface area contributed by atoms with E-state index in [1.807, 2.05) is 6.92 Å². The van der Waals surface area contributed by atoms with Gasteiger partial charge in [-0.1, -0.05) is 13.3 Å². The Balaban J connectivity index is 2.83. The summed E-state index contributed by atoms with van der Waals surface area (Å²) in [5, 5.41) is 6.82. The van der Waals surface area contributed by atoms with Crippen molar-refractivity contribution in [3.05, 3.63) is 17.0 Å². The van der Waals surface area contributed by atoms with E-state index in [4.69, 9.17) is 4.74 Å². The van der Waals surface area contributed by atoms with Gasteiger partial charge in [-0.2, -0.15) is 5.10 Å². The third-order valence-corrected chi connectivity index (χ3v) is 2.08. The molecule has 1 aromatic rings. The Morgan fingerprint density at radius 1 is 1.50 bits per heavy atom. The normalized spacial score (nSPS) is 10.2. The summed E-state index contributed by atoms with van der Waals surface area (Å²) in [5.74, 6) is -0.344. The maximum atomic E-state index is 11.4. The minimum Gasteiger partial charge on any atom is -0.461 e. The molecule has 0 aromatic carbocycles. The van der Waals surface area contributed by atoms with Crippen molar-refractivity contribution in [2.24, 2.45) is 0 Å². The van der Waals surface area contributed by atoms with Crippen molar-refractivity contribution in [3.63, 3.8) is 0 Å². The molecule has 0 fully saturated rings. The van der Waals surface area contributed by atoms with E-state index in [0.717, 1.165) is 24.1 Å². The lowest BCUT2D eigenvalue weighted by Gasteiger charge is -1.99. The number of nitrogens with zero attached hydrogens (tertiary/aromatic N) is 1. The third kappa shape index (κ3) is 2.13. The monoisotopic (exact) mass is 196 g/mol. The first-order valence-electron chi connectivity index (χ1n) is 4.91. The molecule has 1 heterocycles.